The summed E-state index contributed by atoms with van der Waals surface area (Å²) in [5.41, 5.74) is 0.922. The Hall–Kier alpha value is -0.800. The van der Waals surface area contributed by atoms with Crippen LogP contribution in [-0.2, 0) is 6.42 Å². The molecule has 0 unspecified atom stereocenters. The van der Waals surface area contributed by atoms with E-state index in [1.165, 1.54) is 6.07 Å². The Bertz CT molecular complexity index is 353. The highest BCUT2D eigenvalue weighted by atomic mass is 35.5. The van der Waals surface area contributed by atoms with Crippen molar-refractivity contribution in [2.75, 3.05) is 0 Å². The van der Waals surface area contributed by atoms with Gasteiger partial charge in [-0.15, -0.1) is 12.4 Å². The molecular weight excluding hydrogens is 237 g/mol. The molecule has 0 atom stereocenters. The molecule has 3 nitrogen and oxygen atoms in total. The van der Waals surface area contributed by atoms with Crippen molar-refractivity contribution in [3.05, 3.63) is 28.5 Å². The van der Waals surface area contributed by atoms with Gasteiger partial charge in [0.25, 0.3) is 0 Å². The van der Waals surface area contributed by atoms with E-state index in [1.807, 2.05) is 13.8 Å². The van der Waals surface area contributed by atoms with E-state index in [9.17, 15) is 4.79 Å². The van der Waals surface area contributed by atoms with Crippen LogP contribution in [0.5, 0.6) is 0 Å². The summed E-state index contributed by atoms with van der Waals surface area (Å²) in [5, 5.41) is 9.02. The van der Waals surface area contributed by atoms with Crippen LogP contribution in [0.3, 0.4) is 0 Å². The summed E-state index contributed by atoms with van der Waals surface area (Å²) < 4.78 is 0. The first-order chi connectivity index (χ1) is 6.49. The number of carbonyl (C=O) groups is 1. The Kier molecular flexibility index (Phi) is 5.61. The van der Waals surface area contributed by atoms with Crippen molar-refractivity contribution in [2.45, 2.75) is 20.3 Å². The minimum Gasteiger partial charge on any atom is -0.478 e. The molecule has 0 amide bonds. The van der Waals surface area contributed by atoms with E-state index >= 15 is 0 Å². The monoisotopic (exact) mass is 249 g/mol. The predicted molar refractivity (Wildman–Crippen MR) is 62.0 cm³/mol. The number of hydrogen-bond donors (Lipinski definition) is 1. The second-order valence-corrected chi connectivity index (χ2v) is 3.96. The fraction of sp³-hybridized carbons (Fsp3) is 0.400. The number of aromatic carboxylic acids is 1. The van der Waals surface area contributed by atoms with Crippen LogP contribution in [0.1, 0.15) is 29.9 Å². The highest BCUT2D eigenvalue weighted by Crippen LogP contribution is 2.13. The third-order valence-corrected chi connectivity index (χ3v) is 1.91. The van der Waals surface area contributed by atoms with Gasteiger partial charge < -0.3 is 5.11 Å². The summed E-state index contributed by atoms with van der Waals surface area (Å²) in [6.07, 6.45) is 0.737. The molecule has 15 heavy (non-hydrogen) atoms. The Labute approximate surface area is 99.9 Å². The maximum Gasteiger partial charge on any atom is 0.335 e. The molecule has 0 spiro atoms. The quantitative estimate of drug-likeness (QED) is 0.838. The van der Waals surface area contributed by atoms with Gasteiger partial charge >= 0.3 is 5.97 Å². The van der Waals surface area contributed by atoms with Crippen molar-refractivity contribution < 1.29 is 9.90 Å². The predicted octanol–water partition coefficient (Wildman–Crippen LogP) is 3.05. The fourth-order valence-electron chi connectivity index (χ4n) is 1.20. The zero-order valence-electron chi connectivity index (χ0n) is 8.53. The summed E-state index contributed by atoms with van der Waals surface area (Å²) in [5.74, 6) is -0.540. The van der Waals surface area contributed by atoms with E-state index in [0.717, 1.165) is 12.1 Å². The topological polar surface area (TPSA) is 50.2 Å². The summed E-state index contributed by atoms with van der Waals surface area (Å²) in [4.78, 5) is 14.8. The minimum absolute atomic E-state index is 0. The number of nitrogens with zero attached hydrogens (tertiary/aromatic N) is 1. The minimum atomic E-state index is -0.973. The van der Waals surface area contributed by atoms with Crippen molar-refractivity contribution in [2.24, 2.45) is 5.92 Å². The third kappa shape index (κ3) is 4.49. The summed E-state index contributed by atoms with van der Waals surface area (Å²) >= 11 is 5.70. The number of aromatic nitrogens is 1. The van der Waals surface area contributed by atoms with Crippen LogP contribution in [-0.4, -0.2) is 16.1 Å². The Morgan fingerprint density at radius 3 is 2.60 bits per heavy atom. The maximum absolute atomic E-state index is 10.7. The lowest BCUT2D eigenvalue weighted by Crippen LogP contribution is -2.02. The van der Waals surface area contributed by atoms with E-state index in [0.29, 0.717) is 5.92 Å². The smallest absolute Gasteiger partial charge is 0.335 e. The normalized spacial score (nSPS) is 9.87. The van der Waals surface area contributed by atoms with Crippen LogP contribution in [0.25, 0.3) is 0 Å². The molecule has 84 valence electrons. The molecule has 5 heteroatoms. The largest absolute Gasteiger partial charge is 0.478 e. The third-order valence-electron chi connectivity index (χ3n) is 1.71. The molecule has 0 bridgehead atoms. The molecule has 1 N–H and O–H groups in total. The Morgan fingerprint density at radius 2 is 2.13 bits per heavy atom. The maximum atomic E-state index is 10.7. The van der Waals surface area contributed by atoms with Gasteiger partial charge in [-0.1, -0.05) is 25.4 Å². The van der Waals surface area contributed by atoms with Crippen LogP contribution >= 0.6 is 24.0 Å². The molecule has 1 aromatic rings. The van der Waals surface area contributed by atoms with E-state index in [4.69, 9.17) is 16.7 Å². The van der Waals surface area contributed by atoms with Crippen molar-refractivity contribution in [1.29, 1.82) is 0 Å². The van der Waals surface area contributed by atoms with Gasteiger partial charge in [0.2, 0.25) is 0 Å². The van der Waals surface area contributed by atoms with Crippen LogP contribution in [0.15, 0.2) is 12.1 Å². The van der Waals surface area contributed by atoms with Crippen LogP contribution in [0, 0.1) is 5.92 Å². The molecule has 1 rings (SSSR count). The van der Waals surface area contributed by atoms with Crippen molar-refractivity contribution >= 4 is 30.0 Å². The van der Waals surface area contributed by atoms with Gasteiger partial charge in [0.1, 0.15) is 5.15 Å². The number of carboxylic acid groups (broad SMARTS) is 1. The average molecular weight is 250 g/mol. The molecule has 0 aliphatic heterocycles. The SMILES string of the molecule is CC(C)Cc1cc(C(=O)O)cc(Cl)n1.Cl. The van der Waals surface area contributed by atoms with Gasteiger partial charge in [-0.05, 0) is 24.5 Å². The van der Waals surface area contributed by atoms with Gasteiger partial charge in [0.05, 0.1) is 5.56 Å². The van der Waals surface area contributed by atoms with Crippen molar-refractivity contribution in [1.82, 2.24) is 4.98 Å². The number of hydrogen-bond acceptors (Lipinski definition) is 2. The lowest BCUT2D eigenvalue weighted by atomic mass is 10.1. The number of rotatable bonds is 3. The number of pyridine rings is 1. The molecule has 1 aromatic heterocycles. The van der Waals surface area contributed by atoms with Crippen molar-refractivity contribution in [3.63, 3.8) is 0 Å². The molecule has 0 aliphatic carbocycles. The average Bonchev–Trinajstić information content (AvgIpc) is 2.01. The van der Waals surface area contributed by atoms with Crippen LogP contribution < -0.4 is 0 Å². The second-order valence-electron chi connectivity index (χ2n) is 3.57. The molecular formula is C10H13Cl2NO2. The van der Waals surface area contributed by atoms with E-state index < -0.39 is 5.97 Å². The fourth-order valence-corrected chi connectivity index (χ4v) is 1.42. The highest BCUT2D eigenvalue weighted by molar-refractivity contribution is 6.29. The summed E-state index contributed by atoms with van der Waals surface area (Å²) in [6.45, 7) is 4.09. The lowest BCUT2D eigenvalue weighted by molar-refractivity contribution is 0.0696. The van der Waals surface area contributed by atoms with Crippen molar-refractivity contribution in [3.8, 4) is 0 Å². The van der Waals surface area contributed by atoms with Crippen LogP contribution in [0.4, 0.5) is 0 Å². The summed E-state index contributed by atoms with van der Waals surface area (Å²) in [6, 6.07) is 2.92. The first-order valence-electron chi connectivity index (χ1n) is 4.39. The molecule has 0 fully saturated rings. The molecule has 0 radical (unpaired) electrons. The first kappa shape index (κ1) is 14.2. The molecule has 0 saturated heterocycles. The lowest BCUT2D eigenvalue weighted by Gasteiger charge is -2.05. The molecule has 0 aromatic carbocycles. The van der Waals surface area contributed by atoms with Crippen LogP contribution in [0.2, 0.25) is 5.15 Å². The zero-order chi connectivity index (χ0) is 10.7. The first-order valence-corrected chi connectivity index (χ1v) is 4.76. The second kappa shape index (κ2) is 5.93. The zero-order valence-corrected chi connectivity index (χ0v) is 10.1. The number of carboxylic acids is 1. The Morgan fingerprint density at radius 1 is 1.53 bits per heavy atom. The molecule has 1 heterocycles. The molecule has 0 saturated carbocycles. The van der Waals surface area contributed by atoms with Gasteiger partial charge in [0, 0.05) is 5.69 Å². The standard InChI is InChI=1S/C10H12ClNO2.ClH/c1-6(2)3-8-4-7(10(13)14)5-9(11)12-8;/h4-6H,3H2,1-2H3,(H,13,14);1H. The summed E-state index contributed by atoms with van der Waals surface area (Å²) in [7, 11) is 0. The molecule has 0 aliphatic rings. The van der Waals surface area contributed by atoms with Gasteiger partial charge in [0.15, 0.2) is 0 Å². The van der Waals surface area contributed by atoms with Gasteiger partial charge in [-0.3, -0.25) is 0 Å². The Balaban J connectivity index is 0.00000196. The van der Waals surface area contributed by atoms with E-state index in [2.05, 4.69) is 4.98 Å². The van der Waals surface area contributed by atoms with Gasteiger partial charge in [-0.2, -0.15) is 0 Å². The van der Waals surface area contributed by atoms with E-state index in [-0.39, 0.29) is 23.1 Å². The van der Waals surface area contributed by atoms with Gasteiger partial charge in [-0.25, -0.2) is 9.78 Å². The highest BCUT2D eigenvalue weighted by Gasteiger charge is 2.08. The van der Waals surface area contributed by atoms with E-state index in [1.54, 1.807) is 6.07 Å². The number of halogens is 2.